The Morgan fingerprint density at radius 1 is 0.840 bits per heavy atom. The van der Waals surface area contributed by atoms with Gasteiger partial charge in [-0.3, -0.25) is 0 Å². The number of alkyl halides is 2. The summed E-state index contributed by atoms with van der Waals surface area (Å²) in [6.45, 7) is 0. The Balaban J connectivity index is 1.70. The van der Waals surface area contributed by atoms with Crippen molar-refractivity contribution in [1.29, 1.82) is 0 Å². The maximum absolute atomic E-state index is 13.0. The van der Waals surface area contributed by atoms with Crippen molar-refractivity contribution in [1.82, 2.24) is 14.8 Å². The largest absolute Gasteiger partial charge is 0.263 e. The fourth-order valence-corrected chi connectivity index (χ4v) is 2.62. The molecule has 0 saturated carbocycles. The molecule has 0 N–H and O–H groups in total. The van der Waals surface area contributed by atoms with Gasteiger partial charge in [0.1, 0.15) is 11.5 Å². The molecule has 2 aromatic carbocycles. The summed E-state index contributed by atoms with van der Waals surface area (Å²) in [7, 11) is 0. The van der Waals surface area contributed by atoms with Crippen LogP contribution in [0.3, 0.4) is 0 Å². The van der Waals surface area contributed by atoms with Crippen LogP contribution >= 0.6 is 0 Å². The molecule has 0 aliphatic carbocycles. The highest BCUT2D eigenvalue weighted by molar-refractivity contribution is 5.81. The molecule has 4 rings (SSSR count). The summed E-state index contributed by atoms with van der Waals surface area (Å²) < 4.78 is 40.2. The molecule has 0 bridgehead atoms. The lowest BCUT2D eigenvalue weighted by atomic mass is 10.1. The molecule has 0 amide bonds. The third-order valence-electron chi connectivity index (χ3n) is 3.91. The van der Waals surface area contributed by atoms with Gasteiger partial charge in [-0.25, -0.2) is 22.8 Å². The lowest BCUT2D eigenvalue weighted by molar-refractivity contribution is 0.151. The minimum atomic E-state index is -2.50. The lowest BCUT2D eigenvalue weighted by Crippen LogP contribution is -1.95. The first-order chi connectivity index (χ1) is 12.1. The van der Waals surface area contributed by atoms with Gasteiger partial charge < -0.3 is 0 Å². The maximum Gasteiger partial charge on any atom is 0.263 e. The standard InChI is InChI=1S/C19H12F3N3/c20-14-3-5-15(6-4-14)25-10-9-18(24-25)17-8-1-12-11-13(19(21)22)2-7-16(12)23-17/h1-11,19H. The topological polar surface area (TPSA) is 30.7 Å². The van der Waals surface area contributed by atoms with Gasteiger partial charge in [0.05, 0.1) is 16.9 Å². The summed E-state index contributed by atoms with van der Waals surface area (Å²) in [6, 6.07) is 15.7. The van der Waals surface area contributed by atoms with Crippen LogP contribution in [0.4, 0.5) is 13.2 Å². The van der Waals surface area contributed by atoms with E-state index in [0.717, 1.165) is 5.69 Å². The zero-order valence-electron chi connectivity index (χ0n) is 12.9. The molecule has 25 heavy (non-hydrogen) atoms. The first kappa shape index (κ1) is 15.4. The van der Waals surface area contributed by atoms with Crippen LogP contribution in [0.2, 0.25) is 0 Å². The number of rotatable bonds is 3. The van der Waals surface area contributed by atoms with E-state index in [1.54, 1.807) is 47.3 Å². The van der Waals surface area contributed by atoms with Crippen molar-refractivity contribution in [2.45, 2.75) is 6.43 Å². The normalized spacial score (nSPS) is 11.4. The molecule has 0 aliphatic heterocycles. The Labute approximate surface area is 141 Å². The van der Waals surface area contributed by atoms with Crippen LogP contribution in [0.1, 0.15) is 12.0 Å². The average Bonchev–Trinajstić information content (AvgIpc) is 3.11. The first-order valence-corrected chi connectivity index (χ1v) is 7.61. The van der Waals surface area contributed by atoms with E-state index in [1.807, 2.05) is 0 Å². The highest BCUT2D eigenvalue weighted by Crippen LogP contribution is 2.25. The second-order valence-electron chi connectivity index (χ2n) is 5.57. The summed E-state index contributed by atoms with van der Waals surface area (Å²) in [5, 5.41) is 5.10. The minimum Gasteiger partial charge on any atom is -0.246 e. The number of aromatic nitrogens is 3. The van der Waals surface area contributed by atoms with Gasteiger partial charge in [0.25, 0.3) is 6.43 Å². The average molecular weight is 339 g/mol. The molecule has 124 valence electrons. The van der Waals surface area contributed by atoms with Crippen molar-refractivity contribution >= 4 is 10.9 Å². The summed E-state index contributed by atoms with van der Waals surface area (Å²) in [5.74, 6) is -0.310. The van der Waals surface area contributed by atoms with E-state index in [2.05, 4.69) is 10.1 Å². The molecule has 0 spiro atoms. The molecule has 2 aromatic heterocycles. The summed E-state index contributed by atoms with van der Waals surface area (Å²) in [5.41, 5.74) is 2.61. The van der Waals surface area contributed by atoms with Crippen molar-refractivity contribution in [3.05, 3.63) is 78.2 Å². The minimum absolute atomic E-state index is 0.0253. The Kier molecular flexibility index (Phi) is 3.72. The predicted octanol–water partition coefficient (Wildman–Crippen LogP) is 5.16. The van der Waals surface area contributed by atoms with Crippen molar-refractivity contribution in [2.75, 3.05) is 0 Å². The monoisotopic (exact) mass is 339 g/mol. The second-order valence-corrected chi connectivity index (χ2v) is 5.57. The van der Waals surface area contributed by atoms with Crippen LogP contribution in [-0.2, 0) is 0 Å². The Morgan fingerprint density at radius 2 is 1.64 bits per heavy atom. The van der Waals surface area contributed by atoms with Crippen LogP contribution in [0.5, 0.6) is 0 Å². The molecular weight excluding hydrogens is 327 g/mol. The number of nitrogens with zero attached hydrogens (tertiary/aromatic N) is 3. The third kappa shape index (κ3) is 2.98. The van der Waals surface area contributed by atoms with E-state index in [9.17, 15) is 13.2 Å². The Bertz CT molecular complexity index is 1040. The first-order valence-electron chi connectivity index (χ1n) is 7.61. The number of hydrogen-bond acceptors (Lipinski definition) is 2. The zero-order valence-corrected chi connectivity index (χ0v) is 12.9. The van der Waals surface area contributed by atoms with Crippen molar-refractivity contribution in [2.24, 2.45) is 0 Å². The SMILES string of the molecule is Fc1ccc(-n2ccc(-c3ccc4cc(C(F)F)ccc4n3)n2)cc1. The van der Waals surface area contributed by atoms with E-state index in [0.29, 0.717) is 22.3 Å². The van der Waals surface area contributed by atoms with Crippen molar-refractivity contribution in [3.63, 3.8) is 0 Å². The molecule has 0 aliphatic rings. The highest BCUT2D eigenvalue weighted by atomic mass is 19.3. The molecule has 0 radical (unpaired) electrons. The molecule has 0 fully saturated rings. The van der Waals surface area contributed by atoms with E-state index in [4.69, 9.17) is 0 Å². The van der Waals surface area contributed by atoms with Gasteiger partial charge in [-0.1, -0.05) is 12.1 Å². The highest BCUT2D eigenvalue weighted by Gasteiger charge is 2.10. The van der Waals surface area contributed by atoms with E-state index in [1.165, 1.54) is 24.3 Å². The molecular formula is C19H12F3N3. The van der Waals surface area contributed by atoms with Crippen LogP contribution in [0.25, 0.3) is 28.0 Å². The van der Waals surface area contributed by atoms with Gasteiger partial charge in [-0.15, -0.1) is 0 Å². The number of hydrogen-bond donors (Lipinski definition) is 0. The fraction of sp³-hybridized carbons (Fsp3) is 0.0526. The van der Waals surface area contributed by atoms with Crippen LogP contribution in [-0.4, -0.2) is 14.8 Å². The van der Waals surface area contributed by atoms with Gasteiger partial charge in [0.15, 0.2) is 0 Å². The van der Waals surface area contributed by atoms with E-state index in [-0.39, 0.29) is 11.4 Å². The smallest absolute Gasteiger partial charge is 0.246 e. The molecule has 4 aromatic rings. The van der Waals surface area contributed by atoms with E-state index >= 15 is 0 Å². The number of pyridine rings is 1. The van der Waals surface area contributed by atoms with Gasteiger partial charge in [-0.05, 0) is 48.5 Å². The Hall–Kier alpha value is -3.15. The van der Waals surface area contributed by atoms with Gasteiger partial charge in [-0.2, -0.15) is 5.10 Å². The number of benzene rings is 2. The molecule has 6 heteroatoms. The molecule has 0 saturated heterocycles. The predicted molar refractivity (Wildman–Crippen MR) is 89.2 cm³/mol. The molecule has 0 atom stereocenters. The lowest BCUT2D eigenvalue weighted by Gasteiger charge is -2.04. The summed E-state index contributed by atoms with van der Waals surface area (Å²) in [4.78, 5) is 4.49. The van der Waals surface area contributed by atoms with Crippen LogP contribution in [0, 0.1) is 5.82 Å². The number of halogens is 3. The third-order valence-corrected chi connectivity index (χ3v) is 3.91. The molecule has 3 nitrogen and oxygen atoms in total. The number of fused-ring (bicyclic) bond motifs is 1. The summed E-state index contributed by atoms with van der Waals surface area (Å²) in [6.07, 6.45) is -0.746. The molecule has 2 heterocycles. The van der Waals surface area contributed by atoms with Crippen molar-refractivity contribution < 1.29 is 13.2 Å². The maximum atomic E-state index is 13.0. The van der Waals surface area contributed by atoms with Crippen LogP contribution in [0.15, 0.2) is 66.9 Å². The molecule has 0 unspecified atom stereocenters. The quantitative estimate of drug-likeness (QED) is 0.516. The van der Waals surface area contributed by atoms with Crippen molar-refractivity contribution in [3.8, 4) is 17.1 Å². The summed E-state index contributed by atoms with van der Waals surface area (Å²) >= 11 is 0. The Morgan fingerprint density at radius 3 is 2.40 bits per heavy atom. The van der Waals surface area contributed by atoms with Crippen LogP contribution < -0.4 is 0 Å². The van der Waals surface area contributed by atoms with E-state index < -0.39 is 6.43 Å². The zero-order chi connectivity index (χ0) is 17.4. The second kappa shape index (κ2) is 6.05. The van der Waals surface area contributed by atoms with Gasteiger partial charge in [0.2, 0.25) is 0 Å². The van der Waals surface area contributed by atoms with Gasteiger partial charge in [0, 0.05) is 17.1 Å². The van der Waals surface area contributed by atoms with Gasteiger partial charge >= 0.3 is 0 Å². The fourth-order valence-electron chi connectivity index (χ4n) is 2.62.